The monoisotopic (exact) mass is 332 g/mol. The van der Waals surface area contributed by atoms with Crippen LogP contribution in [0.1, 0.15) is 51.5 Å². The summed E-state index contributed by atoms with van der Waals surface area (Å²) >= 11 is 0. The summed E-state index contributed by atoms with van der Waals surface area (Å²) < 4.78 is 11.2. The Morgan fingerprint density at radius 2 is 1.96 bits per heavy atom. The fourth-order valence-electron chi connectivity index (χ4n) is 2.61. The van der Waals surface area contributed by atoms with Crippen LogP contribution in [0.3, 0.4) is 0 Å². The quantitative estimate of drug-likeness (QED) is 0.774. The van der Waals surface area contributed by atoms with E-state index in [1.807, 2.05) is 39.0 Å². The van der Waals surface area contributed by atoms with Crippen molar-refractivity contribution in [2.24, 2.45) is 0 Å². The molecule has 1 amide bonds. The molecule has 0 bridgehead atoms. The number of aryl methyl sites for hydroxylation is 1. The van der Waals surface area contributed by atoms with Crippen LogP contribution in [0.4, 0.5) is 4.79 Å². The van der Waals surface area contributed by atoms with Crippen LogP contribution >= 0.6 is 0 Å². The summed E-state index contributed by atoms with van der Waals surface area (Å²) in [6.07, 6.45) is 0.451. The van der Waals surface area contributed by atoms with Gasteiger partial charge in [-0.15, -0.1) is 0 Å². The van der Waals surface area contributed by atoms with Crippen LogP contribution in [0.15, 0.2) is 28.7 Å². The first-order valence-electron chi connectivity index (χ1n) is 8.46. The van der Waals surface area contributed by atoms with Crippen molar-refractivity contribution < 1.29 is 13.9 Å². The van der Waals surface area contributed by atoms with Crippen molar-refractivity contribution in [2.75, 3.05) is 13.1 Å². The van der Waals surface area contributed by atoms with Crippen LogP contribution in [0.2, 0.25) is 0 Å². The second kappa shape index (κ2) is 7.71. The predicted octanol–water partition coefficient (Wildman–Crippen LogP) is 4.31. The molecule has 132 valence electrons. The number of hydrogen-bond donors (Lipinski definition) is 2. The Hall–Kier alpha value is -2.01. The fourth-order valence-corrected chi connectivity index (χ4v) is 2.61. The maximum Gasteiger partial charge on any atom is 0.407 e. The van der Waals surface area contributed by atoms with E-state index in [0.717, 1.165) is 29.7 Å². The van der Waals surface area contributed by atoms with Gasteiger partial charge in [0.25, 0.3) is 0 Å². The molecule has 0 aliphatic heterocycles. The number of rotatable bonds is 6. The normalized spacial score (nSPS) is 13.0. The third kappa shape index (κ3) is 4.99. The summed E-state index contributed by atoms with van der Waals surface area (Å²) in [6, 6.07) is 8.20. The number of para-hydroxylation sites is 1. The Morgan fingerprint density at radius 1 is 1.25 bits per heavy atom. The molecule has 5 nitrogen and oxygen atoms in total. The molecular formula is C19H28N2O3. The van der Waals surface area contributed by atoms with Gasteiger partial charge in [0.2, 0.25) is 0 Å². The summed E-state index contributed by atoms with van der Waals surface area (Å²) in [5.41, 5.74) is 1.64. The van der Waals surface area contributed by atoms with Gasteiger partial charge in [-0.3, -0.25) is 0 Å². The first-order valence-corrected chi connectivity index (χ1v) is 8.46. The van der Waals surface area contributed by atoms with Gasteiger partial charge in [0.05, 0.1) is 6.04 Å². The lowest BCUT2D eigenvalue weighted by atomic mass is 10.1. The lowest BCUT2D eigenvalue weighted by Gasteiger charge is -2.19. The molecule has 5 heteroatoms. The lowest BCUT2D eigenvalue weighted by molar-refractivity contribution is 0.0527. The van der Waals surface area contributed by atoms with Crippen LogP contribution in [0.5, 0.6) is 0 Å². The summed E-state index contributed by atoms with van der Waals surface area (Å²) in [5.74, 6) is 0.969. The molecular weight excluding hydrogens is 304 g/mol. The standard InChI is InChI=1S/C19H28N2O3/c1-13-15-9-6-7-10-16(15)23-17(13)14(2)20-11-8-12-21-18(22)24-19(3,4)5/h6-7,9-10,14,20H,8,11-12H2,1-5H3,(H,21,22). The first kappa shape index (κ1) is 18.3. The molecule has 1 heterocycles. The topological polar surface area (TPSA) is 63.5 Å². The third-order valence-electron chi connectivity index (χ3n) is 3.75. The summed E-state index contributed by atoms with van der Waals surface area (Å²) in [6.45, 7) is 11.1. The number of nitrogens with one attached hydrogen (secondary N) is 2. The largest absolute Gasteiger partial charge is 0.459 e. The molecule has 1 atom stereocenters. The Kier molecular flexibility index (Phi) is 5.89. The second-order valence-electron chi connectivity index (χ2n) is 7.05. The molecule has 2 aromatic rings. The molecule has 24 heavy (non-hydrogen) atoms. The molecule has 0 radical (unpaired) electrons. The Balaban J connectivity index is 1.76. The molecule has 0 saturated carbocycles. The minimum Gasteiger partial charge on any atom is -0.459 e. The smallest absolute Gasteiger partial charge is 0.407 e. The number of ether oxygens (including phenoxy) is 1. The van der Waals surface area contributed by atoms with E-state index >= 15 is 0 Å². The van der Waals surface area contributed by atoms with Gasteiger partial charge in [-0.05, 0) is 59.2 Å². The van der Waals surface area contributed by atoms with Crippen LogP contribution in [0, 0.1) is 6.92 Å². The maximum atomic E-state index is 11.6. The van der Waals surface area contributed by atoms with E-state index in [2.05, 4.69) is 30.5 Å². The highest BCUT2D eigenvalue weighted by atomic mass is 16.6. The van der Waals surface area contributed by atoms with Crippen molar-refractivity contribution in [3.8, 4) is 0 Å². The molecule has 1 aromatic carbocycles. The zero-order valence-electron chi connectivity index (χ0n) is 15.2. The van der Waals surface area contributed by atoms with E-state index in [0.29, 0.717) is 6.54 Å². The predicted molar refractivity (Wildman–Crippen MR) is 96.2 cm³/mol. The Morgan fingerprint density at radius 3 is 2.62 bits per heavy atom. The molecule has 1 unspecified atom stereocenters. The van der Waals surface area contributed by atoms with E-state index in [9.17, 15) is 4.79 Å². The van der Waals surface area contributed by atoms with Gasteiger partial charge in [0.15, 0.2) is 0 Å². The number of hydrogen-bond acceptors (Lipinski definition) is 4. The average Bonchev–Trinajstić information content (AvgIpc) is 2.83. The molecule has 0 aliphatic carbocycles. The van der Waals surface area contributed by atoms with Gasteiger partial charge >= 0.3 is 6.09 Å². The highest BCUT2D eigenvalue weighted by Crippen LogP contribution is 2.28. The number of benzene rings is 1. The number of carbonyl (C=O) groups is 1. The highest BCUT2D eigenvalue weighted by molar-refractivity contribution is 5.82. The maximum absolute atomic E-state index is 11.6. The molecule has 2 rings (SSSR count). The minimum atomic E-state index is -0.463. The second-order valence-corrected chi connectivity index (χ2v) is 7.05. The number of alkyl carbamates (subject to hydrolysis) is 1. The average molecular weight is 332 g/mol. The molecule has 0 aliphatic rings. The van der Waals surface area contributed by atoms with Crippen molar-refractivity contribution in [1.29, 1.82) is 0 Å². The number of furan rings is 1. The Bertz CT molecular complexity index is 685. The van der Waals surface area contributed by atoms with Crippen molar-refractivity contribution in [1.82, 2.24) is 10.6 Å². The molecule has 0 saturated heterocycles. The zero-order valence-corrected chi connectivity index (χ0v) is 15.2. The molecule has 0 spiro atoms. The SMILES string of the molecule is Cc1c(C(C)NCCCNC(=O)OC(C)(C)C)oc2ccccc12. The number of fused-ring (bicyclic) bond motifs is 1. The summed E-state index contributed by atoms with van der Waals surface area (Å²) in [5, 5.41) is 7.36. The van der Waals surface area contributed by atoms with Crippen LogP contribution in [-0.4, -0.2) is 24.8 Å². The van der Waals surface area contributed by atoms with Crippen molar-refractivity contribution >= 4 is 17.1 Å². The van der Waals surface area contributed by atoms with Crippen LogP contribution in [0.25, 0.3) is 11.0 Å². The Labute approximate surface area is 143 Å². The van der Waals surface area contributed by atoms with Crippen molar-refractivity contribution in [3.63, 3.8) is 0 Å². The van der Waals surface area contributed by atoms with E-state index in [1.165, 1.54) is 5.56 Å². The van der Waals surface area contributed by atoms with Crippen molar-refractivity contribution in [3.05, 3.63) is 35.6 Å². The van der Waals surface area contributed by atoms with Crippen LogP contribution < -0.4 is 10.6 Å². The van der Waals surface area contributed by atoms with Crippen LogP contribution in [-0.2, 0) is 4.74 Å². The van der Waals surface area contributed by atoms with Gasteiger partial charge in [-0.2, -0.15) is 0 Å². The van der Waals surface area contributed by atoms with E-state index in [1.54, 1.807) is 0 Å². The van der Waals surface area contributed by atoms with Gasteiger partial charge in [-0.1, -0.05) is 18.2 Å². The molecule has 2 N–H and O–H groups in total. The first-order chi connectivity index (χ1) is 11.3. The summed E-state index contributed by atoms with van der Waals surface area (Å²) in [4.78, 5) is 11.6. The lowest BCUT2D eigenvalue weighted by Crippen LogP contribution is -2.34. The van der Waals surface area contributed by atoms with Gasteiger partial charge in [0.1, 0.15) is 16.9 Å². The molecule has 0 fully saturated rings. The third-order valence-corrected chi connectivity index (χ3v) is 3.75. The summed E-state index contributed by atoms with van der Waals surface area (Å²) in [7, 11) is 0. The van der Waals surface area contributed by atoms with Gasteiger partial charge in [-0.25, -0.2) is 4.79 Å². The van der Waals surface area contributed by atoms with E-state index in [4.69, 9.17) is 9.15 Å². The van der Waals surface area contributed by atoms with Gasteiger partial charge < -0.3 is 19.8 Å². The number of carbonyl (C=O) groups excluding carboxylic acids is 1. The van der Waals surface area contributed by atoms with E-state index in [-0.39, 0.29) is 12.1 Å². The number of amides is 1. The fraction of sp³-hybridized carbons (Fsp3) is 0.526. The highest BCUT2D eigenvalue weighted by Gasteiger charge is 2.17. The van der Waals surface area contributed by atoms with E-state index < -0.39 is 5.60 Å². The minimum absolute atomic E-state index is 0.124. The van der Waals surface area contributed by atoms with Gasteiger partial charge in [0, 0.05) is 11.9 Å². The molecule has 1 aromatic heterocycles. The zero-order chi connectivity index (χ0) is 17.7. The van der Waals surface area contributed by atoms with Crippen molar-refractivity contribution in [2.45, 2.75) is 52.7 Å².